The Kier molecular flexibility index (Phi) is 5.50. The van der Waals surface area contributed by atoms with Crippen LogP contribution in [0.3, 0.4) is 0 Å². The van der Waals surface area contributed by atoms with E-state index in [-0.39, 0.29) is 29.2 Å². The summed E-state index contributed by atoms with van der Waals surface area (Å²) in [5.74, 6) is -2.55. The van der Waals surface area contributed by atoms with Gasteiger partial charge in [0.05, 0.1) is 6.04 Å². The van der Waals surface area contributed by atoms with Gasteiger partial charge >= 0.3 is 0 Å². The molecular weight excluding hydrogens is 369 g/mol. The molecule has 2 aromatic rings. The maximum atomic E-state index is 15.1. The largest absolute Gasteiger partial charge is 0.381 e. The number of carbonyl (C=O) groups is 1. The minimum Gasteiger partial charge on any atom is -0.381 e. The molecule has 2 atom stereocenters. The molecule has 0 bridgehead atoms. The summed E-state index contributed by atoms with van der Waals surface area (Å²) in [7, 11) is 0. The monoisotopic (exact) mass is 392 g/mol. The van der Waals surface area contributed by atoms with Gasteiger partial charge in [0, 0.05) is 23.7 Å². The number of rotatable bonds is 4. The number of carbonyl (C=O) groups excluding carboxylic acids is 1. The van der Waals surface area contributed by atoms with Crippen molar-refractivity contribution >= 4 is 5.91 Å². The summed E-state index contributed by atoms with van der Waals surface area (Å²) < 4.78 is 42.8. The lowest BCUT2D eigenvalue weighted by atomic mass is 9.95. The van der Waals surface area contributed by atoms with Crippen molar-refractivity contribution in [2.24, 2.45) is 5.73 Å². The van der Waals surface area contributed by atoms with E-state index in [4.69, 9.17) is 5.73 Å². The average Bonchev–Trinajstić information content (AvgIpc) is 2.98. The van der Waals surface area contributed by atoms with Crippen LogP contribution in [0.5, 0.6) is 0 Å². The van der Waals surface area contributed by atoms with Crippen LogP contribution in [0.25, 0.3) is 11.1 Å². The van der Waals surface area contributed by atoms with Crippen LogP contribution in [-0.4, -0.2) is 40.1 Å². The van der Waals surface area contributed by atoms with Crippen molar-refractivity contribution in [1.29, 1.82) is 0 Å². The number of aliphatic hydroxyl groups is 1. The van der Waals surface area contributed by atoms with Crippen LogP contribution in [0.1, 0.15) is 25.8 Å². The minimum absolute atomic E-state index is 0.0542. The molecule has 7 heteroatoms. The molecule has 0 aliphatic carbocycles. The third-order valence-corrected chi connectivity index (χ3v) is 5.11. The molecule has 0 spiro atoms. The first-order valence-corrected chi connectivity index (χ1v) is 9.11. The molecule has 4 nitrogen and oxygen atoms in total. The van der Waals surface area contributed by atoms with E-state index in [0.29, 0.717) is 13.0 Å². The quantitative estimate of drug-likeness (QED) is 0.841. The molecule has 1 aliphatic rings. The zero-order valence-electron chi connectivity index (χ0n) is 15.8. The molecule has 2 unspecified atom stereocenters. The van der Waals surface area contributed by atoms with Crippen molar-refractivity contribution in [3.05, 3.63) is 59.4 Å². The summed E-state index contributed by atoms with van der Waals surface area (Å²) in [4.78, 5) is 14.0. The first kappa shape index (κ1) is 20.4. The minimum atomic E-state index is -1.56. The summed E-state index contributed by atoms with van der Waals surface area (Å²) in [6.45, 7) is 3.16. The molecule has 0 radical (unpaired) electrons. The number of likely N-dealkylation sites (tertiary alicyclic amines) is 1. The van der Waals surface area contributed by atoms with E-state index >= 15 is 4.39 Å². The molecule has 1 saturated heterocycles. The Morgan fingerprint density at radius 3 is 2.61 bits per heavy atom. The second-order valence-corrected chi connectivity index (χ2v) is 7.68. The van der Waals surface area contributed by atoms with Gasteiger partial charge in [0.25, 0.3) is 5.91 Å². The first-order chi connectivity index (χ1) is 13.1. The lowest BCUT2D eigenvalue weighted by molar-refractivity contribution is -0.148. The molecule has 3 N–H and O–H groups in total. The van der Waals surface area contributed by atoms with E-state index in [0.717, 1.165) is 18.2 Å². The van der Waals surface area contributed by atoms with Gasteiger partial charge in [0.2, 0.25) is 0 Å². The zero-order valence-corrected chi connectivity index (χ0v) is 15.8. The van der Waals surface area contributed by atoms with Gasteiger partial charge in [0.15, 0.2) is 0 Å². The average molecular weight is 392 g/mol. The highest BCUT2D eigenvalue weighted by atomic mass is 19.1. The SMILES string of the molecule is CC(C)(O)C(=O)N1CCC(N)C1Cc1cccc(-c2cc(F)ccc2F)c1F. The Balaban J connectivity index is 1.94. The predicted molar refractivity (Wildman–Crippen MR) is 99.8 cm³/mol. The summed E-state index contributed by atoms with van der Waals surface area (Å²) in [6, 6.07) is 6.47. The van der Waals surface area contributed by atoms with Gasteiger partial charge in [-0.15, -0.1) is 0 Å². The van der Waals surface area contributed by atoms with Gasteiger partial charge in [0.1, 0.15) is 23.1 Å². The van der Waals surface area contributed by atoms with Crippen LogP contribution in [0.4, 0.5) is 13.2 Å². The molecule has 1 amide bonds. The maximum absolute atomic E-state index is 15.1. The van der Waals surface area contributed by atoms with Crippen LogP contribution < -0.4 is 5.73 Å². The smallest absolute Gasteiger partial charge is 0.254 e. The zero-order chi connectivity index (χ0) is 20.6. The fourth-order valence-electron chi connectivity index (χ4n) is 3.62. The summed E-state index contributed by atoms with van der Waals surface area (Å²) in [5, 5.41) is 10.0. The van der Waals surface area contributed by atoms with E-state index < -0.39 is 35.0 Å². The third kappa shape index (κ3) is 3.91. The van der Waals surface area contributed by atoms with Crippen LogP contribution in [0.2, 0.25) is 0 Å². The molecule has 1 fully saturated rings. The molecule has 1 aliphatic heterocycles. The van der Waals surface area contributed by atoms with Crippen molar-refractivity contribution in [2.45, 2.75) is 44.4 Å². The van der Waals surface area contributed by atoms with Gasteiger partial charge in [-0.2, -0.15) is 0 Å². The van der Waals surface area contributed by atoms with Gasteiger partial charge in [-0.05, 0) is 50.5 Å². The second-order valence-electron chi connectivity index (χ2n) is 7.68. The molecule has 3 rings (SSSR count). The Morgan fingerprint density at radius 2 is 1.93 bits per heavy atom. The fourth-order valence-corrected chi connectivity index (χ4v) is 3.62. The van der Waals surface area contributed by atoms with E-state index in [2.05, 4.69) is 0 Å². The van der Waals surface area contributed by atoms with Crippen LogP contribution >= 0.6 is 0 Å². The molecule has 0 aromatic heterocycles. The lowest BCUT2D eigenvalue weighted by Crippen LogP contribution is -2.51. The molecular formula is C21H23F3N2O2. The fraction of sp³-hybridized carbons (Fsp3) is 0.381. The number of amides is 1. The molecule has 28 heavy (non-hydrogen) atoms. The van der Waals surface area contributed by atoms with E-state index in [1.165, 1.54) is 30.9 Å². The van der Waals surface area contributed by atoms with E-state index in [1.54, 1.807) is 6.07 Å². The Hall–Kier alpha value is -2.38. The highest BCUT2D eigenvalue weighted by Crippen LogP contribution is 2.31. The van der Waals surface area contributed by atoms with Gasteiger partial charge in [-0.25, -0.2) is 13.2 Å². The van der Waals surface area contributed by atoms with Crippen molar-refractivity contribution in [3.8, 4) is 11.1 Å². The predicted octanol–water partition coefficient (Wildman–Crippen LogP) is 3.01. The number of halogens is 3. The maximum Gasteiger partial charge on any atom is 0.254 e. The van der Waals surface area contributed by atoms with Gasteiger partial charge in [-0.3, -0.25) is 4.79 Å². The van der Waals surface area contributed by atoms with Crippen LogP contribution in [0.15, 0.2) is 36.4 Å². The lowest BCUT2D eigenvalue weighted by Gasteiger charge is -2.31. The van der Waals surface area contributed by atoms with Gasteiger partial charge in [-0.1, -0.05) is 18.2 Å². The van der Waals surface area contributed by atoms with Crippen molar-refractivity contribution in [1.82, 2.24) is 4.90 Å². The Bertz CT molecular complexity index is 896. The molecule has 2 aromatic carbocycles. The van der Waals surface area contributed by atoms with Crippen molar-refractivity contribution in [3.63, 3.8) is 0 Å². The molecule has 150 valence electrons. The van der Waals surface area contributed by atoms with Gasteiger partial charge < -0.3 is 15.7 Å². The van der Waals surface area contributed by atoms with Crippen LogP contribution in [-0.2, 0) is 11.2 Å². The Morgan fingerprint density at radius 1 is 1.21 bits per heavy atom. The highest BCUT2D eigenvalue weighted by Gasteiger charge is 2.40. The van der Waals surface area contributed by atoms with Crippen LogP contribution in [0, 0.1) is 17.5 Å². The van der Waals surface area contributed by atoms with Crippen molar-refractivity contribution in [2.75, 3.05) is 6.54 Å². The number of hydrogen-bond acceptors (Lipinski definition) is 3. The normalized spacial score (nSPS) is 19.9. The number of benzene rings is 2. The first-order valence-electron chi connectivity index (χ1n) is 9.11. The second kappa shape index (κ2) is 7.56. The van der Waals surface area contributed by atoms with Crippen molar-refractivity contribution < 1.29 is 23.1 Å². The molecule has 0 saturated carbocycles. The standard InChI is InChI=1S/C21H23F3N2O2/c1-21(2,28)20(27)26-9-8-17(25)18(26)10-12-4-3-5-14(19(12)24)15-11-13(22)6-7-16(15)23/h3-7,11,17-18,28H,8-10,25H2,1-2H3. The number of nitrogens with two attached hydrogens (primary N) is 1. The highest BCUT2D eigenvalue weighted by molar-refractivity contribution is 5.84. The van der Waals surface area contributed by atoms with E-state index in [1.807, 2.05) is 0 Å². The van der Waals surface area contributed by atoms with E-state index in [9.17, 15) is 18.7 Å². The topological polar surface area (TPSA) is 66.6 Å². The summed E-state index contributed by atoms with van der Waals surface area (Å²) in [6.07, 6.45) is 0.645. The summed E-state index contributed by atoms with van der Waals surface area (Å²) in [5.41, 5.74) is 4.60. The summed E-state index contributed by atoms with van der Waals surface area (Å²) >= 11 is 0. The molecule has 1 heterocycles. The number of nitrogens with zero attached hydrogens (tertiary/aromatic N) is 1. The third-order valence-electron chi connectivity index (χ3n) is 5.11. The number of hydrogen-bond donors (Lipinski definition) is 2. The Labute approximate surface area is 161 Å².